The van der Waals surface area contributed by atoms with E-state index in [9.17, 15) is 29.4 Å². The van der Waals surface area contributed by atoms with E-state index in [2.05, 4.69) is 0 Å². The van der Waals surface area contributed by atoms with Gasteiger partial charge in [-0.05, 0) is 40.5 Å². The van der Waals surface area contributed by atoms with E-state index in [1.54, 1.807) is 41.5 Å². The van der Waals surface area contributed by atoms with Crippen molar-refractivity contribution in [3.63, 3.8) is 0 Å². The van der Waals surface area contributed by atoms with Crippen molar-refractivity contribution in [1.82, 2.24) is 0 Å². The van der Waals surface area contributed by atoms with Gasteiger partial charge in [-0.15, -0.1) is 0 Å². The van der Waals surface area contributed by atoms with E-state index in [4.69, 9.17) is 9.47 Å². The summed E-state index contributed by atoms with van der Waals surface area (Å²) in [6.45, 7) is 10.8. The molecule has 0 aliphatic rings. The molecule has 27 heavy (non-hydrogen) atoms. The van der Waals surface area contributed by atoms with Crippen molar-refractivity contribution in [2.45, 2.75) is 91.6 Å². The molecule has 0 aliphatic carbocycles. The van der Waals surface area contributed by atoms with E-state index in [0.29, 0.717) is 12.8 Å². The first-order valence-corrected chi connectivity index (χ1v) is 8.70. The van der Waals surface area contributed by atoms with Crippen molar-refractivity contribution < 1.29 is 38.9 Å². The average molecular weight is 399 g/mol. The third-order valence-electron chi connectivity index (χ3n) is 2.97. The number of ether oxygens (including phenoxy) is 2. The van der Waals surface area contributed by atoms with Crippen molar-refractivity contribution in [3.05, 3.63) is 0 Å². The Morgan fingerprint density at radius 2 is 0.963 bits per heavy atom. The molecule has 8 nitrogen and oxygen atoms in total. The summed E-state index contributed by atoms with van der Waals surface area (Å²) >= 11 is 0. The molecule has 0 bridgehead atoms. The summed E-state index contributed by atoms with van der Waals surface area (Å²) < 4.78 is 10.4. The van der Waals surface area contributed by atoms with Crippen LogP contribution < -0.4 is 10.2 Å². The Morgan fingerprint density at radius 1 is 0.704 bits per heavy atom. The van der Waals surface area contributed by atoms with Crippen LogP contribution >= 0.6 is 0 Å². The number of hydrogen-bond donors (Lipinski definition) is 0. The smallest absolute Gasteiger partial charge is 0.550 e. The van der Waals surface area contributed by atoms with Gasteiger partial charge in [0.1, 0.15) is 12.2 Å². The van der Waals surface area contributed by atoms with Crippen molar-refractivity contribution in [1.29, 1.82) is 0 Å². The first-order valence-electron chi connectivity index (χ1n) is 8.70. The zero-order valence-corrected chi connectivity index (χ0v) is 18.5. The molecule has 0 radical (unpaired) electrons. The van der Waals surface area contributed by atoms with E-state index in [1.165, 1.54) is 0 Å². The Labute approximate surface area is 177 Å². The van der Waals surface area contributed by atoms with Crippen molar-refractivity contribution in [2.75, 3.05) is 0 Å². The summed E-state index contributed by atoms with van der Waals surface area (Å²) in [7, 11) is 0. The maximum Gasteiger partial charge on any atom is 2.00 e. The predicted molar refractivity (Wildman–Crippen MR) is 95.6 cm³/mol. The van der Waals surface area contributed by atoms with Gasteiger partial charge < -0.3 is 29.3 Å². The van der Waals surface area contributed by atoms with Gasteiger partial charge in [-0.1, -0.05) is 13.8 Å². The van der Waals surface area contributed by atoms with Crippen LogP contribution in [-0.2, 0) is 28.7 Å². The minimum Gasteiger partial charge on any atom is -0.550 e. The minimum absolute atomic E-state index is 0. The molecule has 9 heteroatoms. The number of aliphatic carboxylic acids is 2. The summed E-state index contributed by atoms with van der Waals surface area (Å²) in [4.78, 5) is 42.6. The molecule has 152 valence electrons. The maximum atomic E-state index is 11.2. The van der Waals surface area contributed by atoms with Crippen molar-refractivity contribution >= 4 is 46.6 Å². The number of ketones is 2. The number of carbonyl (C=O) groups is 4. The second kappa shape index (κ2) is 17.1. The third-order valence-corrected chi connectivity index (χ3v) is 2.97. The van der Waals surface area contributed by atoms with Crippen molar-refractivity contribution in [2.24, 2.45) is 0 Å². The van der Waals surface area contributed by atoms with Crippen LogP contribution in [0.5, 0.6) is 0 Å². The first kappa shape index (κ1) is 30.7. The fourth-order valence-corrected chi connectivity index (χ4v) is 1.97. The largest absolute Gasteiger partial charge is 2.00 e. The molecule has 0 aromatic heterocycles. The Hall–Kier alpha value is -1.03. The number of carboxylic acids is 2. The molecule has 0 spiro atoms. The number of carboxylic acid groups (broad SMARTS) is 2. The summed E-state index contributed by atoms with van der Waals surface area (Å²) in [5, 5.41) is 20.3. The van der Waals surface area contributed by atoms with Crippen LogP contribution in [-0.4, -0.2) is 71.0 Å². The van der Waals surface area contributed by atoms with Crippen LogP contribution in [0.3, 0.4) is 0 Å². The zero-order chi connectivity index (χ0) is 20.9. The second-order valence-electron chi connectivity index (χ2n) is 6.19. The molecular formula is C18H30MgO8. The van der Waals surface area contributed by atoms with E-state index >= 15 is 0 Å². The first-order chi connectivity index (χ1) is 11.9. The molecule has 0 aliphatic heterocycles. The Bertz CT molecular complexity index is 420. The molecule has 2 atom stereocenters. The number of hydrogen-bond acceptors (Lipinski definition) is 8. The molecular weight excluding hydrogens is 368 g/mol. The van der Waals surface area contributed by atoms with Crippen LogP contribution in [0.4, 0.5) is 0 Å². The van der Waals surface area contributed by atoms with Gasteiger partial charge in [0, 0.05) is 24.8 Å². The second-order valence-corrected chi connectivity index (χ2v) is 6.19. The summed E-state index contributed by atoms with van der Waals surface area (Å²) in [6.07, 6.45) is -1.52. The monoisotopic (exact) mass is 398 g/mol. The Morgan fingerprint density at radius 3 is 1.11 bits per heavy atom. The third kappa shape index (κ3) is 18.1. The molecule has 0 rings (SSSR count). The van der Waals surface area contributed by atoms with E-state index < -0.39 is 48.6 Å². The summed E-state index contributed by atoms with van der Waals surface area (Å²) in [5.74, 6) is -3.54. The average Bonchev–Trinajstić information content (AvgIpc) is 2.48. The van der Waals surface area contributed by atoms with Crippen LogP contribution in [0.15, 0.2) is 0 Å². The number of carbonyl (C=O) groups excluding carboxylic acids is 4. The van der Waals surface area contributed by atoms with Gasteiger partial charge in [0.25, 0.3) is 0 Å². The van der Waals surface area contributed by atoms with Crippen LogP contribution in [0.25, 0.3) is 0 Å². The van der Waals surface area contributed by atoms with E-state index in [0.717, 1.165) is 0 Å². The van der Waals surface area contributed by atoms with Gasteiger partial charge in [-0.3, -0.25) is 9.59 Å². The molecule has 0 aromatic rings. The zero-order valence-electron chi connectivity index (χ0n) is 17.1. The number of rotatable bonds is 12. The molecule has 0 saturated carbocycles. The number of Topliss-reactive ketones (excluding diaryl/α,β-unsaturated/α-hetero) is 2. The summed E-state index contributed by atoms with van der Waals surface area (Å²) in [5.41, 5.74) is 0. The van der Waals surface area contributed by atoms with Gasteiger partial charge in [-0.2, -0.15) is 0 Å². The molecule has 0 aromatic carbocycles. The van der Waals surface area contributed by atoms with Crippen LogP contribution in [0.1, 0.15) is 67.2 Å². The fraction of sp³-hybridized carbons (Fsp3) is 0.778. The normalized spacial score (nSPS) is 12.4. The van der Waals surface area contributed by atoms with Gasteiger partial charge in [0.2, 0.25) is 0 Å². The van der Waals surface area contributed by atoms with E-state index in [1.807, 2.05) is 0 Å². The predicted octanol–water partition coefficient (Wildman–Crippen LogP) is -0.583. The Balaban J connectivity index is -0.000000411. The SMILES string of the molecule is CCC(OC(C)C)C(=O)CC(=O)[O-].CCC(OC(C)C)C(=O)CC(=O)[O-].[Mg+2]. The quantitative estimate of drug-likeness (QED) is 0.315. The topological polar surface area (TPSA) is 133 Å². The fourth-order valence-electron chi connectivity index (χ4n) is 1.97. The molecule has 0 fully saturated rings. The molecule has 0 saturated heterocycles. The maximum absolute atomic E-state index is 11.2. The standard InChI is InChI=1S/2C9H16O4.Mg/c2*1-4-8(13-6(2)3)7(10)5-9(11)12;/h2*6,8H,4-5H2,1-3H3,(H,11,12);/q;;+2/p-2. The van der Waals surface area contributed by atoms with Crippen LogP contribution in [0.2, 0.25) is 0 Å². The molecule has 2 unspecified atom stereocenters. The minimum atomic E-state index is -1.35. The van der Waals surface area contributed by atoms with Crippen molar-refractivity contribution in [3.8, 4) is 0 Å². The van der Waals surface area contributed by atoms with E-state index in [-0.39, 0.29) is 35.3 Å². The molecule has 0 heterocycles. The molecule has 0 N–H and O–H groups in total. The van der Waals surface area contributed by atoms with Gasteiger partial charge >= 0.3 is 23.1 Å². The van der Waals surface area contributed by atoms with Gasteiger partial charge in [0.15, 0.2) is 11.6 Å². The summed E-state index contributed by atoms with van der Waals surface area (Å²) in [6, 6.07) is 0. The molecule has 0 amide bonds. The van der Waals surface area contributed by atoms with Gasteiger partial charge in [0.05, 0.1) is 12.2 Å². The van der Waals surface area contributed by atoms with Gasteiger partial charge in [-0.25, -0.2) is 0 Å². The Kier molecular flexibility index (Phi) is 19.4. The van der Waals surface area contributed by atoms with Crippen LogP contribution in [0, 0.1) is 0 Å².